The number of carbonyl (C=O) groups excluding carboxylic acids is 1. The Morgan fingerprint density at radius 1 is 1.69 bits per heavy atom. The van der Waals surface area contributed by atoms with E-state index < -0.39 is 0 Å². The lowest BCUT2D eigenvalue weighted by Gasteiger charge is -2.03. The lowest BCUT2D eigenvalue weighted by molar-refractivity contribution is 0.0987. The summed E-state index contributed by atoms with van der Waals surface area (Å²) < 4.78 is 4.93. The Morgan fingerprint density at radius 2 is 2.38 bits per heavy atom. The SMILES string of the molecule is CCC(=O)c1cnc(Cl)c(OC)c1. The molecule has 1 heterocycles. The van der Waals surface area contributed by atoms with E-state index in [0.717, 1.165) is 0 Å². The van der Waals surface area contributed by atoms with Crippen LogP contribution in [0.4, 0.5) is 0 Å². The zero-order valence-electron chi connectivity index (χ0n) is 7.50. The molecule has 0 bridgehead atoms. The number of halogens is 1. The summed E-state index contributed by atoms with van der Waals surface area (Å²) in [6.07, 6.45) is 1.91. The van der Waals surface area contributed by atoms with Crippen molar-refractivity contribution in [1.82, 2.24) is 4.98 Å². The second kappa shape index (κ2) is 4.23. The maximum Gasteiger partial charge on any atom is 0.171 e. The number of rotatable bonds is 3. The highest BCUT2D eigenvalue weighted by molar-refractivity contribution is 6.30. The van der Waals surface area contributed by atoms with E-state index in [1.54, 1.807) is 13.0 Å². The van der Waals surface area contributed by atoms with Crippen LogP contribution in [0, 0.1) is 0 Å². The molecule has 0 aliphatic carbocycles. The van der Waals surface area contributed by atoms with E-state index in [4.69, 9.17) is 16.3 Å². The summed E-state index contributed by atoms with van der Waals surface area (Å²) in [5, 5.41) is 0.273. The Hall–Kier alpha value is -1.09. The average molecular weight is 200 g/mol. The predicted molar refractivity (Wildman–Crippen MR) is 50.4 cm³/mol. The number of carbonyl (C=O) groups is 1. The van der Waals surface area contributed by atoms with Gasteiger partial charge in [-0.05, 0) is 6.07 Å². The molecule has 0 unspecified atom stereocenters. The second-order valence-corrected chi connectivity index (χ2v) is 2.85. The number of ketones is 1. The van der Waals surface area contributed by atoms with Gasteiger partial charge in [-0.15, -0.1) is 0 Å². The molecule has 0 fully saturated rings. The van der Waals surface area contributed by atoms with E-state index in [9.17, 15) is 4.79 Å². The first-order valence-corrected chi connectivity index (χ1v) is 4.29. The fourth-order valence-corrected chi connectivity index (χ4v) is 1.11. The van der Waals surface area contributed by atoms with Gasteiger partial charge >= 0.3 is 0 Å². The predicted octanol–water partition coefficient (Wildman–Crippen LogP) is 2.34. The minimum Gasteiger partial charge on any atom is -0.494 e. The van der Waals surface area contributed by atoms with E-state index in [0.29, 0.717) is 17.7 Å². The summed E-state index contributed by atoms with van der Waals surface area (Å²) >= 11 is 5.70. The van der Waals surface area contributed by atoms with Crippen LogP contribution >= 0.6 is 11.6 Å². The van der Waals surface area contributed by atoms with Gasteiger partial charge in [-0.1, -0.05) is 18.5 Å². The van der Waals surface area contributed by atoms with Crippen molar-refractivity contribution in [1.29, 1.82) is 0 Å². The molecule has 3 nitrogen and oxygen atoms in total. The highest BCUT2D eigenvalue weighted by Gasteiger charge is 2.08. The first-order chi connectivity index (χ1) is 6.19. The van der Waals surface area contributed by atoms with E-state index in [2.05, 4.69) is 4.98 Å². The van der Waals surface area contributed by atoms with Gasteiger partial charge in [0.15, 0.2) is 16.7 Å². The molecule has 0 aliphatic heterocycles. The summed E-state index contributed by atoms with van der Waals surface area (Å²) in [7, 11) is 1.49. The smallest absolute Gasteiger partial charge is 0.171 e. The van der Waals surface area contributed by atoms with Gasteiger partial charge in [0.05, 0.1) is 7.11 Å². The fraction of sp³-hybridized carbons (Fsp3) is 0.333. The molecule has 4 heteroatoms. The van der Waals surface area contributed by atoms with Gasteiger partial charge in [0.1, 0.15) is 0 Å². The Bertz CT molecular complexity index is 325. The molecule has 1 aromatic rings. The first kappa shape index (κ1) is 9.99. The summed E-state index contributed by atoms with van der Waals surface area (Å²) in [4.78, 5) is 15.1. The zero-order chi connectivity index (χ0) is 9.84. The maximum atomic E-state index is 11.3. The Labute approximate surface area is 81.7 Å². The molecular formula is C9H10ClNO2. The van der Waals surface area contributed by atoms with Crippen molar-refractivity contribution in [3.8, 4) is 5.75 Å². The Balaban J connectivity index is 3.06. The van der Waals surface area contributed by atoms with Crippen LogP contribution in [0.3, 0.4) is 0 Å². The number of aromatic nitrogens is 1. The summed E-state index contributed by atoms with van der Waals surface area (Å²) in [6, 6.07) is 1.60. The molecule has 0 saturated heterocycles. The number of pyridine rings is 1. The first-order valence-electron chi connectivity index (χ1n) is 3.91. The Kier molecular flexibility index (Phi) is 3.25. The summed E-state index contributed by atoms with van der Waals surface area (Å²) in [5.41, 5.74) is 0.531. The minimum absolute atomic E-state index is 0.0301. The molecular weight excluding hydrogens is 190 g/mol. The van der Waals surface area contributed by atoms with Crippen molar-refractivity contribution < 1.29 is 9.53 Å². The van der Waals surface area contributed by atoms with Gasteiger partial charge in [-0.2, -0.15) is 0 Å². The second-order valence-electron chi connectivity index (χ2n) is 2.49. The fourth-order valence-electron chi connectivity index (χ4n) is 0.928. The molecule has 0 radical (unpaired) electrons. The van der Waals surface area contributed by atoms with Gasteiger partial charge in [0.25, 0.3) is 0 Å². The molecule has 0 aromatic carbocycles. The Morgan fingerprint density at radius 3 is 2.92 bits per heavy atom. The topological polar surface area (TPSA) is 39.2 Å². The summed E-state index contributed by atoms with van der Waals surface area (Å²) in [6.45, 7) is 1.80. The number of Topliss-reactive ketones (excluding diaryl/α,β-unsaturated/α-hetero) is 1. The average Bonchev–Trinajstić information content (AvgIpc) is 2.17. The van der Waals surface area contributed by atoms with Crippen molar-refractivity contribution >= 4 is 17.4 Å². The van der Waals surface area contributed by atoms with Crippen molar-refractivity contribution in [2.24, 2.45) is 0 Å². The van der Waals surface area contributed by atoms with Crippen LogP contribution in [-0.4, -0.2) is 17.9 Å². The third kappa shape index (κ3) is 2.18. The number of hydrogen-bond donors (Lipinski definition) is 0. The number of nitrogens with zero attached hydrogens (tertiary/aromatic N) is 1. The molecule has 0 atom stereocenters. The molecule has 0 N–H and O–H groups in total. The van der Waals surface area contributed by atoms with Crippen LogP contribution in [0.25, 0.3) is 0 Å². The molecule has 13 heavy (non-hydrogen) atoms. The van der Waals surface area contributed by atoms with Crippen molar-refractivity contribution in [2.75, 3.05) is 7.11 Å². The van der Waals surface area contributed by atoms with Crippen LogP contribution < -0.4 is 4.74 Å². The third-order valence-corrected chi connectivity index (χ3v) is 1.95. The molecule has 0 aliphatic rings. The molecule has 0 saturated carbocycles. The summed E-state index contributed by atoms with van der Waals surface area (Å²) in [5.74, 6) is 0.462. The lowest BCUT2D eigenvalue weighted by Crippen LogP contribution is -1.98. The van der Waals surface area contributed by atoms with Crippen LogP contribution in [-0.2, 0) is 0 Å². The minimum atomic E-state index is 0.0301. The van der Waals surface area contributed by atoms with Crippen LogP contribution in [0.2, 0.25) is 5.15 Å². The largest absolute Gasteiger partial charge is 0.494 e. The van der Waals surface area contributed by atoms with Gasteiger partial charge in [0, 0.05) is 18.2 Å². The van der Waals surface area contributed by atoms with Gasteiger partial charge in [-0.3, -0.25) is 4.79 Å². The lowest BCUT2D eigenvalue weighted by atomic mass is 10.1. The van der Waals surface area contributed by atoms with E-state index in [1.165, 1.54) is 13.3 Å². The number of methoxy groups -OCH3 is 1. The number of ether oxygens (including phenoxy) is 1. The molecule has 0 spiro atoms. The molecule has 1 aromatic heterocycles. The van der Waals surface area contributed by atoms with E-state index in [-0.39, 0.29) is 10.9 Å². The molecule has 1 rings (SSSR count). The normalized spacial score (nSPS) is 9.77. The van der Waals surface area contributed by atoms with Gasteiger partial charge in [0.2, 0.25) is 0 Å². The van der Waals surface area contributed by atoms with Crippen LogP contribution in [0.5, 0.6) is 5.75 Å². The third-order valence-electron chi connectivity index (χ3n) is 1.67. The van der Waals surface area contributed by atoms with Crippen molar-refractivity contribution in [3.63, 3.8) is 0 Å². The molecule has 0 amide bonds. The van der Waals surface area contributed by atoms with Crippen molar-refractivity contribution in [3.05, 3.63) is 23.0 Å². The van der Waals surface area contributed by atoms with E-state index >= 15 is 0 Å². The van der Waals surface area contributed by atoms with Gasteiger partial charge in [-0.25, -0.2) is 4.98 Å². The number of hydrogen-bond acceptors (Lipinski definition) is 3. The zero-order valence-corrected chi connectivity index (χ0v) is 8.26. The highest BCUT2D eigenvalue weighted by Crippen LogP contribution is 2.22. The van der Waals surface area contributed by atoms with Gasteiger partial charge < -0.3 is 4.74 Å². The maximum absolute atomic E-state index is 11.3. The highest BCUT2D eigenvalue weighted by atomic mass is 35.5. The monoisotopic (exact) mass is 199 g/mol. The van der Waals surface area contributed by atoms with Crippen LogP contribution in [0.1, 0.15) is 23.7 Å². The van der Waals surface area contributed by atoms with E-state index in [1.807, 2.05) is 0 Å². The van der Waals surface area contributed by atoms with Crippen molar-refractivity contribution in [2.45, 2.75) is 13.3 Å². The molecule has 70 valence electrons. The quantitative estimate of drug-likeness (QED) is 0.554. The standard InChI is InChI=1S/C9H10ClNO2/c1-3-7(12)6-4-8(13-2)9(10)11-5-6/h4-5H,3H2,1-2H3. The van der Waals surface area contributed by atoms with Crippen LogP contribution in [0.15, 0.2) is 12.3 Å².